The number of carbonyl (C=O) groups excluding carboxylic acids is 1. The number of nitrogens with two attached hydrogens (primary N) is 1. The van der Waals surface area contributed by atoms with Crippen LogP contribution in [0.2, 0.25) is 0 Å². The van der Waals surface area contributed by atoms with Crippen molar-refractivity contribution in [1.29, 1.82) is 0 Å². The summed E-state index contributed by atoms with van der Waals surface area (Å²) >= 11 is 0. The maximum atomic E-state index is 11.8. The van der Waals surface area contributed by atoms with Gasteiger partial charge in [-0.15, -0.1) is 0 Å². The fourth-order valence-corrected chi connectivity index (χ4v) is 2.01. The van der Waals surface area contributed by atoms with Gasteiger partial charge in [0.15, 0.2) is 0 Å². The zero-order valence-corrected chi connectivity index (χ0v) is 9.60. The molecule has 1 aliphatic rings. The van der Waals surface area contributed by atoms with E-state index in [0.29, 0.717) is 6.42 Å². The molecule has 0 aliphatic carbocycles. The summed E-state index contributed by atoms with van der Waals surface area (Å²) in [6, 6.07) is 10.3. The number of hydrogen-bond acceptors (Lipinski definition) is 2. The number of likely N-dealkylation sites (tertiary alicyclic amines) is 1. The Labute approximate surface area is 96.2 Å². The SMILES string of the molecule is C[C@H](CC(=O)N1CC(N)C1)c1ccccc1. The van der Waals surface area contributed by atoms with Crippen LogP contribution in [0.1, 0.15) is 24.8 Å². The molecule has 2 rings (SSSR count). The summed E-state index contributed by atoms with van der Waals surface area (Å²) in [5, 5.41) is 0. The number of nitrogens with zero attached hydrogens (tertiary/aromatic N) is 1. The van der Waals surface area contributed by atoms with E-state index >= 15 is 0 Å². The van der Waals surface area contributed by atoms with Crippen molar-refractivity contribution in [3.05, 3.63) is 35.9 Å². The first-order valence-electron chi connectivity index (χ1n) is 5.75. The average Bonchev–Trinajstić information content (AvgIpc) is 2.26. The molecular weight excluding hydrogens is 200 g/mol. The van der Waals surface area contributed by atoms with Gasteiger partial charge in [0.2, 0.25) is 5.91 Å². The summed E-state index contributed by atoms with van der Waals surface area (Å²) in [7, 11) is 0. The van der Waals surface area contributed by atoms with Gasteiger partial charge in [0.1, 0.15) is 0 Å². The number of carbonyl (C=O) groups is 1. The first-order chi connectivity index (χ1) is 7.66. The van der Waals surface area contributed by atoms with Gasteiger partial charge in [-0.2, -0.15) is 0 Å². The van der Waals surface area contributed by atoms with E-state index in [1.807, 2.05) is 23.1 Å². The van der Waals surface area contributed by atoms with Gasteiger partial charge in [0.05, 0.1) is 0 Å². The average molecular weight is 218 g/mol. The molecule has 1 saturated heterocycles. The van der Waals surface area contributed by atoms with E-state index < -0.39 is 0 Å². The van der Waals surface area contributed by atoms with Crippen molar-refractivity contribution in [2.24, 2.45) is 5.73 Å². The second-order valence-corrected chi connectivity index (χ2v) is 4.57. The Morgan fingerprint density at radius 1 is 1.44 bits per heavy atom. The minimum Gasteiger partial charge on any atom is -0.339 e. The smallest absolute Gasteiger partial charge is 0.223 e. The molecule has 0 aromatic heterocycles. The molecule has 0 unspecified atom stereocenters. The molecule has 1 heterocycles. The van der Waals surface area contributed by atoms with Crippen LogP contribution in [0.25, 0.3) is 0 Å². The number of hydrogen-bond donors (Lipinski definition) is 1. The van der Waals surface area contributed by atoms with Crippen LogP contribution in [0.3, 0.4) is 0 Å². The van der Waals surface area contributed by atoms with Crippen molar-refractivity contribution in [3.8, 4) is 0 Å². The Balaban J connectivity index is 1.88. The molecular formula is C13H18N2O. The van der Waals surface area contributed by atoms with Crippen LogP contribution >= 0.6 is 0 Å². The second kappa shape index (κ2) is 4.66. The van der Waals surface area contributed by atoms with Crippen molar-refractivity contribution >= 4 is 5.91 Å². The second-order valence-electron chi connectivity index (χ2n) is 4.57. The van der Waals surface area contributed by atoms with E-state index in [1.165, 1.54) is 5.56 Å². The third kappa shape index (κ3) is 2.42. The van der Waals surface area contributed by atoms with Crippen LogP contribution in [0.15, 0.2) is 30.3 Å². The van der Waals surface area contributed by atoms with Gasteiger partial charge in [0.25, 0.3) is 0 Å². The predicted octanol–water partition coefficient (Wildman–Crippen LogP) is 1.35. The maximum Gasteiger partial charge on any atom is 0.223 e. The third-order valence-corrected chi connectivity index (χ3v) is 3.11. The van der Waals surface area contributed by atoms with Crippen molar-refractivity contribution in [2.75, 3.05) is 13.1 Å². The van der Waals surface area contributed by atoms with Crippen LogP contribution in [-0.2, 0) is 4.79 Å². The van der Waals surface area contributed by atoms with Crippen LogP contribution in [0, 0.1) is 0 Å². The van der Waals surface area contributed by atoms with E-state index in [4.69, 9.17) is 5.73 Å². The predicted molar refractivity (Wildman–Crippen MR) is 64.0 cm³/mol. The Hall–Kier alpha value is -1.35. The Morgan fingerprint density at radius 3 is 2.62 bits per heavy atom. The van der Waals surface area contributed by atoms with Gasteiger partial charge < -0.3 is 10.6 Å². The summed E-state index contributed by atoms with van der Waals surface area (Å²) < 4.78 is 0. The zero-order valence-electron chi connectivity index (χ0n) is 9.60. The highest BCUT2D eigenvalue weighted by molar-refractivity contribution is 5.78. The van der Waals surface area contributed by atoms with Crippen LogP contribution < -0.4 is 5.73 Å². The van der Waals surface area contributed by atoms with Crippen molar-refractivity contribution in [1.82, 2.24) is 4.90 Å². The summed E-state index contributed by atoms with van der Waals surface area (Å²) in [6.45, 7) is 3.54. The summed E-state index contributed by atoms with van der Waals surface area (Å²) in [4.78, 5) is 13.7. The minimum atomic E-state index is 0.191. The Bertz CT molecular complexity index is 357. The van der Waals surface area contributed by atoms with Gasteiger partial charge in [-0.3, -0.25) is 4.79 Å². The number of rotatable bonds is 3. The van der Waals surface area contributed by atoms with Gasteiger partial charge in [-0.1, -0.05) is 37.3 Å². The van der Waals surface area contributed by atoms with Gasteiger partial charge in [-0.25, -0.2) is 0 Å². The largest absolute Gasteiger partial charge is 0.339 e. The van der Waals surface area contributed by atoms with E-state index in [0.717, 1.165) is 13.1 Å². The molecule has 1 aromatic rings. The van der Waals surface area contributed by atoms with Crippen molar-refractivity contribution in [3.63, 3.8) is 0 Å². The summed E-state index contributed by atoms with van der Waals surface area (Å²) in [6.07, 6.45) is 0.580. The Morgan fingerprint density at radius 2 is 2.06 bits per heavy atom. The normalized spacial score (nSPS) is 18.0. The molecule has 1 aliphatic heterocycles. The molecule has 2 N–H and O–H groups in total. The standard InChI is InChI=1S/C13H18N2O/c1-10(11-5-3-2-4-6-11)7-13(16)15-8-12(14)9-15/h2-6,10,12H,7-9,14H2,1H3/t10-/m1/s1. The van der Waals surface area contributed by atoms with Gasteiger partial charge in [0, 0.05) is 25.6 Å². The number of amides is 1. The first-order valence-corrected chi connectivity index (χ1v) is 5.75. The molecule has 86 valence electrons. The maximum absolute atomic E-state index is 11.8. The van der Waals surface area contributed by atoms with E-state index in [1.54, 1.807) is 0 Å². The summed E-state index contributed by atoms with van der Waals surface area (Å²) in [5.74, 6) is 0.503. The summed E-state index contributed by atoms with van der Waals surface area (Å²) in [5.41, 5.74) is 6.88. The topological polar surface area (TPSA) is 46.3 Å². The highest BCUT2D eigenvalue weighted by Crippen LogP contribution is 2.20. The zero-order chi connectivity index (χ0) is 11.5. The quantitative estimate of drug-likeness (QED) is 0.832. The molecule has 0 radical (unpaired) electrons. The minimum absolute atomic E-state index is 0.191. The lowest BCUT2D eigenvalue weighted by Gasteiger charge is -2.37. The first kappa shape index (κ1) is 11.1. The fraction of sp³-hybridized carbons (Fsp3) is 0.462. The third-order valence-electron chi connectivity index (χ3n) is 3.11. The molecule has 1 amide bonds. The fourth-order valence-electron chi connectivity index (χ4n) is 2.01. The molecule has 0 spiro atoms. The van der Waals surface area contributed by atoms with E-state index in [2.05, 4.69) is 19.1 Å². The van der Waals surface area contributed by atoms with E-state index in [-0.39, 0.29) is 17.9 Å². The molecule has 1 atom stereocenters. The Kier molecular flexibility index (Phi) is 3.25. The molecule has 16 heavy (non-hydrogen) atoms. The molecule has 1 aromatic carbocycles. The molecule has 0 bridgehead atoms. The van der Waals surface area contributed by atoms with Crippen LogP contribution in [0.5, 0.6) is 0 Å². The monoisotopic (exact) mass is 218 g/mol. The van der Waals surface area contributed by atoms with Crippen LogP contribution in [0.4, 0.5) is 0 Å². The molecule has 3 heteroatoms. The van der Waals surface area contributed by atoms with Crippen molar-refractivity contribution in [2.45, 2.75) is 25.3 Å². The highest BCUT2D eigenvalue weighted by Gasteiger charge is 2.28. The van der Waals surface area contributed by atoms with Gasteiger partial charge >= 0.3 is 0 Å². The van der Waals surface area contributed by atoms with Gasteiger partial charge in [-0.05, 0) is 11.5 Å². The van der Waals surface area contributed by atoms with Crippen molar-refractivity contribution < 1.29 is 4.79 Å². The lowest BCUT2D eigenvalue weighted by molar-refractivity contribution is -0.135. The lowest BCUT2D eigenvalue weighted by atomic mass is 9.96. The van der Waals surface area contributed by atoms with Crippen LogP contribution in [-0.4, -0.2) is 29.9 Å². The molecule has 0 saturated carbocycles. The lowest BCUT2D eigenvalue weighted by Crippen LogP contribution is -2.57. The number of benzene rings is 1. The highest BCUT2D eigenvalue weighted by atomic mass is 16.2. The molecule has 1 fully saturated rings. The molecule has 3 nitrogen and oxygen atoms in total. The van der Waals surface area contributed by atoms with E-state index in [9.17, 15) is 4.79 Å².